The van der Waals surface area contributed by atoms with Gasteiger partial charge in [0.15, 0.2) is 0 Å². The first-order valence-corrected chi connectivity index (χ1v) is 3.84. The summed E-state index contributed by atoms with van der Waals surface area (Å²) in [5.74, 6) is -2.66. The summed E-state index contributed by atoms with van der Waals surface area (Å²) in [7, 11) is 0. The maximum Gasteiger partial charge on any atom is 0.379 e. The molecule has 0 saturated carbocycles. The summed E-state index contributed by atoms with van der Waals surface area (Å²) in [6, 6.07) is 0. The van der Waals surface area contributed by atoms with Gasteiger partial charge in [-0.05, 0) is 20.8 Å². The van der Waals surface area contributed by atoms with Crippen LogP contribution < -0.4 is 0 Å². The molecule has 0 aliphatic rings. The van der Waals surface area contributed by atoms with Crippen LogP contribution in [0.15, 0.2) is 0 Å². The van der Waals surface area contributed by atoms with E-state index in [2.05, 4.69) is 5.10 Å². The van der Waals surface area contributed by atoms with E-state index < -0.39 is 28.0 Å². The highest BCUT2D eigenvalue weighted by Gasteiger charge is 2.32. The Bertz CT molecular complexity index is 381. The Morgan fingerprint density at radius 2 is 1.93 bits per heavy atom. The fourth-order valence-electron chi connectivity index (χ4n) is 0.960. The van der Waals surface area contributed by atoms with Crippen LogP contribution in [0.5, 0.6) is 0 Å². The molecule has 1 aromatic rings. The molecule has 5 nitrogen and oxygen atoms in total. The SMILES string of the molecule is CC(C)(C)n1nc(F)c([N+](=O)[O-])c1F. The van der Waals surface area contributed by atoms with E-state index in [4.69, 9.17) is 0 Å². The molecule has 14 heavy (non-hydrogen) atoms. The van der Waals surface area contributed by atoms with Crippen molar-refractivity contribution < 1.29 is 13.7 Å². The van der Waals surface area contributed by atoms with Gasteiger partial charge >= 0.3 is 11.6 Å². The van der Waals surface area contributed by atoms with Gasteiger partial charge in [-0.1, -0.05) is 0 Å². The summed E-state index contributed by atoms with van der Waals surface area (Å²) in [6.07, 6.45) is 0. The highest BCUT2D eigenvalue weighted by atomic mass is 19.1. The molecular formula is C7H9F2N3O2. The van der Waals surface area contributed by atoms with Crippen molar-refractivity contribution in [2.45, 2.75) is 26.3 Å². The molecule has 0 aliphatic carbocycles. The molecule has 7 heteroatoms. The molecule has 0 bridgehead atoms. The molecule has 0 spiro atoms. The van der Waals surface area contributed by atoms with Crippen LogP contribution in [0.4, 0.5) is 14.5 Å². The first-order valence-electron chi connectivity index (χ1n) is 3.84. The minimum Gasteiger partial charge on any atom is -0.258 e. The van der Waals surface area contributed by atoms with E-state index in [0.717, 1.165) is 0 Å². The zero-order chi connectivity index (χ0) is 11.1. The Morgan fingerprint density at radius 3 is 2.14 bits per heavy atom. The van der Waals surface area contributed by atoms with Gasteiger partial charge in [0.25, 0.3) is 5.95 Å². The molecular weight excluding hydrogens is 196 g/mol. The van der Waals surface area contributed by atoms with Crippen molar-refractivity contribution in [2.75, 3.05) is 0 Å². The van der Waals surface area contributed by atoms with E-state index in [1.807, 2.05) is 0 Å². The molecule has 0 aromatic carbocycles. The van der Waals surface area contributed by atoms with Crippen molar-refractivity contribution in [3.63, 3.8) is 0 Å². The first-order chi connectivity index (χ1) is 6.25. The Hall–Kier alpha value is -1.53. The zero-order valence-electron chi connectivity index (χ0n) is 7.91. The number of rotatable bonds is 1. The lowest BCUT2D eigenvalue weighted by molar-refractivity contribution is -0.390. The minimum atomic E-state index is -1.40. The van der Waals surface area contributed by atoms with Gasteiger partial charge in [-0.25, -0.2) is 4.68 Å². The maximum atomic E-state index is 13.3. The second-order valence-corrected chi connectivity index (χ2v) is 3.77. The van der Waals surface area contributed by atoms with E-state index in [1.165, 1.54) is 0 Å². The molecule has 1 aromatic heterocycles. The Kier molecular flexibility index (Phi) is 2.26. The number of nitro groups is 1. The summed E-state index contributed by atoms with van der Waals surface area (Å²) < 4.78 is 26.8. The normalized spacial score (nSPS) is 11.8. The van der Waals surface area contributed by atoms with Gasteiger partial charge in [0.05, 0.1) is 10.5 Å². The lowest BCUT2D eigenvalue weighted by atomic mass is 10.1. The molecule has 0 fully saturated rings. The molecule has 1 heterocycles. The van der Waals surface area contributed by atoms with E-state index in [1.54, 1.807) is 20.8 Å². The molecule has 0 aliphatic heterocycles. The third-order valence-corrected chi connectivity index (χ3v) is 1.58. The molecule has 0 unspecified atom stereocenters. The average Bonchev–Trinajstić information content (AvgIpc) is 2.24. The quantitative estimate of drug-likeness (QED) is 0.519. The fourth-order valence-corrected chi connectivity index (χ4v) is 0.960. The highest BCUT2D eigenvalue weighted by molar-refractivity contribution is 5.26. The van der Waals surface area contributed by atoms with Crippen molar-refractivity contribution in [3.8, 4) is 0 Å². The number of nitrogens with zero attached hydrogens (tertiary/aromatic N) is 3. The van der Waals surface area contributed by atoms with Crippen molar-refractivity contribution in [1.82, 2.24) is 9.78 Å². The van der Waals surface area contributed by atoms with Crippen LogP contribution in [-0.4, -0.2) is 14.7 Å². The van der Waals surface area contributed by atoms with Gasteiger partial charge in [0.1, 0.15) is 0 Å². The van der Waals surface area contributed by atoms with Gasteiger partial charge in [0.2, 0.25) is 0 Å². The topological polar surface area (TPSA) is 61.0 Å². The Labute approximate surface area is 78.5 Å². The van der Waals surface area contributed by atoms with E-state index in [0.29, 0.717) is 4.68 Å². The van der Waals surface area contributed by atoms with Gasteiger partial charge in [0, 0.05) is 0 Å². The summed E-state index contributed by atoms with van der Waals surface area (Å²) in [5.41, 5.74) is -2.04. The summed E-state index contributed by atoms with van der Waals surface area (Å²) >= 11 is 0. The summed E-state index contributed by atoms with van der Waals surface area (Å²) in [5, 5.41) is 13.4. The van der Waals surface area contributed by atoms with Gasteiger partial charge in [-0.3, -0.25) is 10.1 Å². The smallest absolute Gasteiger partial charge is 0.258 e. The van der Waals surface area contributed by atoms with Crippen molar-refractivity contribution in [3.05, 3.63) is 22.0 Å². The molecule has 1 rings (SSSR count). The summed E-state index contributed by atoms with van der Waals surface area (Å²) in [6.45, 7) is 4.69. The summed E-state index contributed by atoms with van der Waals surface area (Å²) in [4.78, 5) is 9.13. The van der Waals surface area contributed by atoms with Crippen LogP contribution in [0, 0.1) is 22.0 Å². The van der Waals surface area contributed by atoms with E-state index in [9.17, 15) is 18.9 Å². The van der Waals surface area contributed by atoms with Crippen LogP contribution >= 0.6 is 0 Å². The first kappa shape index (κ1) is 10.6. The molecule has 0 atom stereocenters. The molecule has 0 radical (unpaired) electrons. The van der Waals surface area contributed by atoms with Crippen LogP contribution in [0.3, 0.4) is 0 Å². The second kappa shape index (κ2) is 3.00. The molecule has 0 amide bonds. The van der Waals surface area contributed by atoms with Crippen LogP contribution in [0.2, 0.25) is 0 Å². The minimum absolute atomic E-state index is 0.653. The maximum absolute atomic E-state index is 13.3. The van der Waals surface area contributed by atoms with Crippen LogP contribution in [-0.2, 0) is 5.54 Å². The standard InChI is InChI=1S/C7H9F2N3O2/c1-7(2,3)11-6(9)4(12(13)14)5(8)10-11/h1-3H3. The second-order valence-electron chi connectivity index (χ2n) is 3.77. The average molecular weight is 205 g/mol. The van der Waals surface area contributed by atoms with Crippen molar-refractivity contribution in [2.24, 2.45) is 0 Å². The lowest BCUT2D eigenvalue weighted by Gasteiger charge is -2.18. The third kappa shape index (κ3) is 1.57. The lowest BCUT2D eigenvalue weighted by Crippen LogP contribution is -2.25. The van der Waals surface area contributed by atoms with Crippen LogP contribution in [0.25, 0.3) is 0 Å². The molecule has 0 N–H and O–H groups in total. The number of aromatic nitrogens is 2. The van der Waals surface area contributed by atoms with E-state index in [-0.39, 0.29) is 0 Å². The molecule has 78 valence electrons. The Morgan fingerprint density at radius 1 is 1.43 bits per heavy atom. The number of hydrogen-bond donors (Lipinski definition) is 0. The van der Waals surface area contributed by atoms with Crippen LogP contribution in [0.1, 0.15) is 20.8 Å². The predicted molar refractivity (Wildman–Crippen MR) is 43.8 cm³/mol. The van der Waals surface area contributed by atoms with Gasteiger partial charge < -0.3 is 0 Å². The van der Waals surface area contributed by atoms with Gasteiger partial charge in [-0.15, -0.1) is 5.10 Å². The van der Waals surface area contributed by atoms with Gasteiger partial charge in [-0.2, -0.15) is 8.78 Å². The number of hydrogen-bond acceptors (Lipinski definition) is 3. The van der Waals surface area contributed by atoms with Crippen molar-refractivity contribution >= 4 is 5.69 Å². The fraction of sp³-hybridized carbons (Fsp3) is 0.571. The third-order valence-electron chi connectivity index (χ3n) is 1.58. The monoisotopic (exact) mass is 205 g/mol. The zero-order valence-corrected chi connectivity index (χ0v) is 7.91. The Balaban J connectivity index is 3.39. The van der Waals surface area contributed by atoms with E-state index >= 15 is 0 Å². The van der Waals surface area contributed by atoms with Crippen molar-refractivity contribution in [1.29, 1.82) is 0 Å². The molecule has 0 saturated heterocycles. The predicted octanol–water partition coefficient (Wildman–Crippen LogP) is 1.82. The largest absolute Gasteiger partial charge is 0.379 e. The number of halogens is 2. The highest BCUT2D eigenvalue weighted by Crippen LogP contribution is 2.25.